The van der Waals surface area contributed by atoms with Crippen molar-refractivity contribution in [1.29, 1.82) is 0 Å². The topological polar surface area (TPSA) is 67.3 Å². The maximum absolute atomic E-state index is 12.6. The van der Waals surface area contributed by atoms with Gasteiger partial charge in [-0.1, -0.05) is 29.2 Å². The third-order valence-electron chi connectivity index (χ3n) is 3.75. The fraction of sp³-hybridized carbons (Fsp3) is 0.533. The van der Waals surface area contributed by atoms with E-state index in [9.17, 15) is 4.79 Å². The van der Waals surface area contributed by atoms with Gasteiger partial charge in [0.2, 0.25) is 11.0 Å². The van der Waals surface area contributed by atoms with Crippen molar-refractivity contribution in [3.63, 3.8) is 0 Å². The fourth-order valence-electron chi connectivity index (χ4n) is 2.65. The second-order valence-electron chi connectivity index (χ2n) is 5.34. The molecular formula is C15H20N4O2S3. The lowest BCUT2D eigenvalue weighted by Crippen LogP contribution is -2.31. The molecule has 0 saturated carbocycles. The molecule has 1 N–H and O–H groups in total. The summed E-state index contributed by atoms with van der Waals surface area (Å²) >= 11 is 4.66. The number of carbonyl (C=O) groups excluding carboxylic acids is 1. The lowest BCUT2D eigenvalue weighted by Gasteiger charge is -2.23. The highest BCUT2D eigenvalue weighted by Gasteiger charge is 2.30. The van der Waals surface area contributed by atoms with Crippen molar-refractivity contribution in [3.05, 3.63) is 22.4 Å². The number of thiophene rings is 1. The summed E-state index contributed by atoms with van der Waals surface area (Å²) in [6, 6.07) is 4.42. The Morgan fingerprint density at radius 1 is 1.54 bits per heavy atom. The third-order valence-corrected chi connectivity index (χ3v) is 6.73. The highest BCUT2D eigenvalue weighted by atomic mass is 32.2. The number of carbonyl (C=O) groups is 1. The summed E-state index contributed by atoms with van der Waals surface area (Å²) in [5, 5.41) is 14.2. The first-order valence-corrected chi connectivity index (χ1v) is 10.5. The minimum absolute atomic E-state index is 0.181. The molecule has 9 heteroatoms. The molecule has 1 saturated heterocycles. The molecule has 0 spiro atoms. The van der Waals surface area contributed by atoms with E-state index in [-0.39, 0.29) is 11.9 Å². The SMILES string of the molecule is COCCNc1nnc(SCC(=O)N2CCCC2c2cccs2)s1. The average molecular weight is 385 g/mol. The Hall–Kier alpha value is -1.16. The molecule has 0 aliphatic carbocycles. The van der Waals surface area contributed by atoms with Gasteiger partial charge < -0.3 is 15.0 Å². The van der Waals surface area contributed by atoms with E-state index in [0.29, 0.717) is 18.9 Å². The molecule has 1 aliphatic heterocycles. The highest BCUT2D eigenvalue weighted by Crippen LogP contribution is 2.35. The quantitative estimate of drug-likeness (QED) is 0.557. The number of hydrogen-bond donors (Lipinski definition) is 1. The van der Waals surface area contributed by atoms with E-state index < -0.39 is 0 Å². The van der Waals surface area contributed by atoms with E-state index in [1.54, 1.807) is 18.4 Å². The van der Waals surface area contributed by atoms with Crippen molar-refractivity contribution in [3.8, 4) is 0 Å². The van der Waals surface area contributed by atoms with Crippen LogP contribution < -0.4 is 5.32 Å². The van der Waals surface area contributed by atoms with Gasteiger partial charge in [0.15, 0.2) is 4.34 Å². The van der Waals surface area contributed by atoms with Crippen molar-refractivity contribution in [1.82, 2.24) is 15.1 Å². The Bertz CT molecular complexity index is 647. The van der Waals surface area contributed by atoms with Crippen LogP contribution in [0.3, 0.4) is 0 Å². The number of ether oxygens (including phenoxy) is 1. The maximum atomic E-state index is 12.6. The number of hydrogen-bond acceptors (Lipinski definition) is 8. The second kappa shape index (κ2) is 8.80. The van der Waals surface area contributed by atoms with Gasteiger partial charge in [0.25, 0.3) is 0 Å². The molecule has 1 aliphatic rings. The Morgan fingerprint density at radius 2 is 2.46 bits per heavy atom. The van der Waals surface area contributed by atoms with E-state index in [2.05, 4.69) is 33.0 Å². The van der Waals surface area contributed by atoms with E-state index >= 15 is 0 Å². The van der Waals surface area contributed by atoms with E-state index in [1.165, 1.54) is 28.0 Å². The predicted octanol–water partition coefficient (Wildman–Crippen LogP) is 3.11. The molecular weight excluding hydrogens is 364 g/mol. The van der Waals surface area contributed by atoms with Gasteiger partial charge in [-0.15, -0.1) is 21.5 Å². The summed E-state index contributed by atoms with van der Waals surface area (Å²) in [5.74, 6) is 0.592. The zero-order valence-electron chi connectivity index (χ0n) is 13.4. The van der Waals surface area contributed by atoms with Gasteiger partial charge in [-0.25, -0.2) is 0 Å². The summed E-state index contributed by atoms with van der Waals surface area (Å²) in [4.78, 5) is 15.9. The van der Waals surface area contributed by atoms with E-state index in [1.807, 2.05) is 4.90 Å². The first-order valence-electron chi connectivity index (χ1n) is 7.80. The summed E-state index contributed by atoms with van der Waals surface area (Å²) in [6.07, 6.45) is 2.13. The average Bonchev–Trinajstić information content (AvgIpc) is 3.32. The minimum atomic E-state index is 0.181. The summed E-state index contributed by atoms with van der Waals surface area (Å²) < 4.78 is 5.80. The molecule has 1 fully saturated rings. The van der Waals surface area contributed by atoms with Crippen LogP contribution in [0.2, 0.25) is 0 Å². The lowest BCUT2D eigenvalue weighted by molar-refractivity contribution is -0.129. The number of aromatic nitrogens is 2. The van der Waals surface area contributed by atoms with Gasteiger partial charge in [0, 0.05) is 25.1 Å². The smallest absolute Gasteiger partial charge is 0.233 e. The number of methoxy groups -OCH3 is 1. The standard InChI is InChI=1S/C15H20N4O2S3/c1-21-8-6-16-14-17-18-15(24-14)23-10-13(20)19-7-2-4-11(19)12-5-3-9-22-12/h3,5,9,11H,2,4,6-8,10H2,1H3,(H,16,17). The van der Waals surface area contributed by atoms with Crippen molar-refractivity contribution in [2.75, 3.05) is 37.9 Å². The number of anilines is 1. The largest absolute Gasteiger partial charge is 0.383 e. The molecule has 0 radical (unpaired) electrons. The molecule has 1 amide bonds. The Balaban J connectivity index is 1.50. The van der Waals surface area contributed by atoms with Crippen molar-refractivity contribution >= 4 is 45.5 Å². The molecule has 3 rings (SSSR count). The highest BCUT2D eigenvalue weighted by molar-refractivity contribution is 8.01. The number of rotatable bonds is 8. The van der Waals surface area contributed by atoms with Crippen LogP contribution >= 0.6 is 34.4 Å². The Kier molecular flexibility index (Phi) is 6.47. The van der Waals surface area contributed by atoms with Gasteiger partial charge in [0.1, 0.15) is 0 Å². The molecule has 2 aromatic rings. The van der Waals surface area contributed by atoms with Gasteiger partial charge >= 0.3 is 0 Å². The van der Waals surface area contributed by atoms with Gasteiger partial charge in [-0.2, -0.15) is 0 Å². The minimum Gasteiger partial charge on any atom is -0.383 e. The zero-order chi connectivity index (χ0) is 16.8. The molecule has 1 unspecified atom stereocenters. The van der Waals surface area contributed by atoms with Crippen LogP contribution in [0.4, 0.5) is 5.13 Å². The van der Waals surface area contributed by atoms with Crippen molar-refractivity contribution in [2.24, 2.45) is 0 Å². The summed E-state index contributed by atoms with van der Waals surface area (Å²) in [5.41, 5.74) is 0. The summed E-state index contributed by atoms with van der Waals surface area (Å²) in [7, 11) is 1.66. The Labute approximate surface area is 153 Å². The molecule has 0 aromatic carbocycles. The number of likely N-dealkylation sites (tertiary alicyclic amines) is 1. The van der Waals surface area contributed by atoms with Crippen LogP contribution in [0.5, 0.6) is 0 Å². The normalized spacial score (nSPS) is 17.4. The zero-order valence-corrected chi connectivity index (χ0v) is 15.9. The first-order chi connectivity index (χ1) is 11.8. The number of thioether (sulfide) groups is 1. The van der Waals surface area contributed by atoms with E-state index in [0.717, 1.165) is 28.9 Å². The fourth-order valence-corrected chi connectivity index (χ4v) is 5.18. The van der Waals surface area contributed by atoms with Crippen LogP contribution in [0, 0.1) is 0 Å². The molecule has 3 heterocycles. The van der Waals surface area contributed by atoms with Crippen LogP contribution in [-0.2, 0) is 9.53 Å². The van der Waals surface area contributed by atoms with Crippen LogP contribution in [0.1, 0.15) is 23.8 Å². The lowest BCUT2D eigenvalue weighted by atomic mass is 10.2. The Morgan fingerprint density at radius 3 is 3.25 bits per heavy atom. The van der Waals surface area contributed by atoms with Gasteiger partial charge in [0.05, 0.1) is 18.4 Å². The molecule has 6 nitrogen and oxygen atoms in total. The molecule has 1 atom stereocenters. The van der Waals surface area contributed by atoms with Crippen molar-refractivity contribution < 1.29 is 9.53 Å². The third kappa shape index (κ3) is 4.47. The number of nitrogens with one attached hydrogen (secondary N) is 1. The van der Waals surface area contributed by atoms with E-state index in [4.69, 9.17) is 4.74 Å². The molecule has 24 heavy (non-hydrogen) atoms. The number of amides is 1. The second-order valence-corrected chi connectivity index (χ2v) is 8.52. The first kappa shape index (κ1) is 17.7. The predicted molar refractivity (Wildman–Crippen MR) is 99.0 cm³/mol. The molecule has 130 valence electrons. The van der Waals surface area contributed by atoms with Crippen LogP contribution in [0.15, 0.2) is 21.9 Å². The van der Waals surface area contributed by atoms with Crippen LogP contribution in [0.25, 0.3) is 0 Å². The number of nitrogens with zero attached hydrogens (tertiary/aromatic N) is 3. The molecule has 2 aromatic heterocycles. The van der Waals surface area contributed by atoms with Crippen LogP contribution in [-0.4, -0.2) is 53.6 Å². The van der Waals surface area contributed by atoms with Gasteiger partial charge in [-0.3, -0.25) is 4.79 Å². The molecule has 0 bridgehead atoms. The maximum Gasteiger partial charge on any atom is 0.233 e. The monoisotopic (exact) mass is 384 g/mol. The van der Waals surface area contributed by atoms with Gasteiger partial charge in [-0.05, 0) is 24.3 Å². The summed E-state index contributed by atoms with van der Waals surface area (Å²) in [6.45, 7) is 2.17. The van der Waals surface area contributed by atoms with Crippen molar-refractivity contribution in [2.45, 2.75) is 23.2 Å².